The van der Waals surface area contributed by atoms with Crippen LogP contribution >= 0.6 is 0 Å². The topological polar surface area (TPSA) is 34.1 Å². The minimum Gasteiger partial charge on any atom is -0.303 e. The third-order valence-electron chi connectivity index (χ3n) is 6.43. The highest BCUT2D eigenvalue weighted by Gasteiger charge is 2.63. The lowest BCUT2D eigenvalue weighted by Crippen LogP contribution is -2.42. The van der Waals surface area contributed by atoms with Gasteiger partial charge in [-0.05, 0) is 60.3 Å². The summed E-state index contributed by atoms with van der Waals surface area (Å²) in [5.74, 6) is 1.30. The second-order valence-corrected chi connectivity index (χ2v) is 7.09. The maximum Gasteiger partial charge on any atom is 0.145 e. The normalized spacial score (nSPS) is 50.3. The van der Waals surface area contributed by atoms with Crippen LogP contribution in [-0.4, -0.2) is 12.6 Å². The van der Waals surface area contributed by atoms with E-state index in [0.717, 1.165) is 24.6 Å². The SMILES string of the molecule is CC12CCC(C1)C1(C)C(C=O)CC(C=O)=CC[C@@H]21. The summed E-state index contributed by atoms with van der Waals surface area (Å²) in [5, 5.41) is 0. The smallest absolute Gasteiger partial charge is 0.145 e. The van der Waals surface area contributed by atoms with Gasteiger partial charge < -0.3 is 4.79 Å². The van der Waals surface area contributed by atoms with Crippen LogP contribution in [0.2, 0.25) is 0 Å². The van der Waals surface area contributed by atoms with E-state index in [1.54, 1.807) is 0 Å². The van der Waals surface area contributed by atoms with E-state index >= 15 is 0 Å². The molecule has 0 spiro atoms. The number of carbonyl (C=O) groups excluding carboxylic acids is 2. The fourth-order valence-corrected chi connectivity index (χ4v) is 5.37. The van der Waals surface area contributed by atoms with Gasteiger partial charge in [0.1, 0.15) is 12.6 Å². The summed E-state index contributed by atoms with van der Waals surface area (Å²) >= 11 is 0. The van der Waals surface area contributed by atoms with E-state index in [0.29, 0.717) is 23.7 Å². The van der Waals surface area contributed by atoms with Gasteiger partial charge in [0.2, 0.25) is 0 Å². The van der Waals surface area contributed by atoms with Crippen molar-refractivity contribution >= 4 is 12.6 Å². The molecule has 2 fully saturated rings. The minimum atomic E-state index is 0.0357. The van der Waals surface area contributed by atoms with Gasteiger partial charge in [0, 0.05) is 5.92 Å². The lowest BCUT2D eigenvalue weighted by Gasteiger charge is -2.47. The van der Waals surface area contributed by atoms with Gasteiger partial charge in [-0.25, -0.2) is 0 Å². The number of carbonyl (C=O) groups is 2. The molecule has 2 heteroatoms. The van der Waals surface area contributed by atoms with Crippen molar-refractivity contribution in [2.75, 3.05) is 0 Å². The first-order valence-electron chi connectivity index (χ1n) is 7.14. The molecule has 3 aliphatic carbocycles. The van der Waals surface area contributed by atoms with Crippen LogP contribution in [-0.2, 0) is 9.59 Å². The molecule has 18 heavy (non-hydrogen) atoms. The fraction of sp³-hybridized carbons (Fsp3) is 0.750. The maximum absolute atomic E-state index is 11.6. The molecule has 0 aromatic carbocycles. The van der Waals surface area contributed by atoms with E-state index in [4.69, 9.17) is 0 Å². The van der Waals surface area contributed by atoms with E-state index in [1.165, 1.54) is 19.3 Å². The second-order valence-electron chi connectivity index (χ2n) is 7.09. The molecule has 0 aromatic heterocycles. The fourth-order valence-electron chi connectivity index (χ4n) is 5.37. The molecule has 5 atom stereocenters. The van der Waals surface area contributed by atoms with Crippen LogP contribution in [0.4, 0.5) is 0 Å². The standard InChI is InChI=1S/C16H22O2/c1-15-6-5-12(8-15)16(2)13(10-18)7-11(9-17)3-4-14(15)16/h3,9-10,12-14H,4-8H2,1-2H3/t12?,13?,14-,15?,16?/m0/s1. The Morgan fingerprint density at radius 1 is 1.33 bits per heavy atom. The molecule has 0 saturated heterocycles. The summed E-state index contributed by atoms with van der Waals surface area (Å²) in [6.45, 7) is 4.71. The molecular formula is C16H22O2. The lowest BCUT2D eigenvalue weighted by atomic mass is 9.57. The average molecular weight is 246 g/mol. The third kappa shape index (κ3) is 1.35. The number of allylic oxidation sites excluding steroid dienone is 2. The molecular weight excluding hydrogens is 224 g/mol. The van der Waals surface area contributed by atoms with Crippen molar-refractivity contribution in [2.24, 2.45) is 28.6 Å². The first-order valence-corrected chi connectivity index (χ1v) is 7.14. The Morgan fingerprint density at radius 3 is 2.78 bits per heavy atom. The highest BCUT2D eigenvalue weighted by Crippen LogP contribution is 2.70. The Bertz CT molecular complexity index is 425. The summed E-state index contributed by atoms with van der Waals surface area (Å²) in [7, 11) is 0. The number of fused-ring (bicyclic) bond motifs is 5. The number of hydrogen-bond donors (Lipinski definition) is 0. The van der Waals surface area contributed by atoms with Gasteiger partial charge in [-0.2, -0.15) is 0 Å². The minimum absolute atomic E-state index is 0.0357. The molecule has 0 amide bonds. The Hall–Kier alpha value is -0.920. The van der Waals surface area contributed by atoms with Crippen molar-refractivity contribution in [3.63, 3.8) is 0 Å². The quantitative estimate of drug-likeness (QED) is 0.701. The molecule has 4 unspecified atom stereocenters. The number of hydrogen-bond acceptors (Lipinski definition) is 2. The summed E-state index contributed by atoms with van der Waals surface area (Å²) in [6, 6.07) is 0. The van der Waals surface area contributed by atoms with Crippen LogP contribution in [0.3, 0.4) is 0 Å². The number of aldehydes is 2. The lowest BCUT2D eigenvalue weighted by molar-refractivity contribution is -0.118. The van der Waals surface area contributed by atoms with Gasteiger partial charge in [0.05, 0.1) is 0 Å². The van der Waals surface area contributed by atoms with Gasteiger partial charge in [-0.3, -0.25) is 4.79 Å². The zero-order chi connectivity index (χ0) is 13.0. The molecule has 3 aliphatic rings. The maximum atomic E-state index is 11.6. The summed E-state index contributed by atoms with van der Waals surface area (Å²) in [5.41, 5.74) is 1.36. The van der Waals surface area contributed by atoms with Crippen molar-refractivity contribution in [1.29, 1.82) is 0 Å². The molecule has 2 bridgehead atoms. The Kier molecular flexibility index (Phi) is 2.55. The van der Waals surface area contributed by atoms with Crippen LogP contribution in [0.5, 0.6) is 0 Å². The highest BCUT2D eigenvalue weighted by molar-refractivity contribution is 5.75. The van der Waals surface area contributed by atoms with E-state index < -0.39 is 0 Å². The monoisotopic (exact) mass is 246 g/mol. The molecule has 2 nitrogen and oxygen atoms in total. The van der Waals surface area contributed by atoms with E-state index in [1.807, 2.05) is 0 Å². The Morgan fingerprint density at radius 2 is 2.11 bits per heavy atom. The Labute approximate surface area is 109 Å². The van der Waals surface area contributed by atoms with Crippen LogP contribution < -0.4 is 0 Å². The van der Waals surface area contributed by atoms with Gasteiger partial charge in [0.15, 0.2) is 0 Å². The predicted octanol–water partition coefficient (Wildman–Crippen LogP) is 3.16. The molecule has 98 valence electrons. The number of rotatable bonds is 2. The van der Waals surface area contributed by atoms with E-state index in [2.05, 4.69) is 19.9 Å². The van der Waals surface area contributed by atoms with Crippen LogP contribution in [0, 0.1) is 28.6 Å². The van der Waals surface area contributed by atoms with Crippen LogP contribution in [0.25, 0.3) is 0 Å². The van der Waals surface area contributed by atoms with Crippen molar-refractivity contribution in [3.05, 3.63) is 11.6 Å². The molecule has 2 saturated carbocycles. The van der Waals surface area contributed by atoms with Crippen molar-refractivity contribution in [2.45, 2.75) is 46.0 Å². The Balaban J connectivity index is 2.05. The summed E-state index contributed by atoms with van der Waals surface area (Å²) in [6.07, 6.45) is 9.67. The molecule has 0 aromatic rings. The van der Waals surface area contributed by atoms with E-state index in [-0.39, 0.29) is 11.3 Å². The molecule has 3 rings (SSSR count). The highest BCUT2D eigenvalue weighted by atomic mass is 16.1. The van der Waals surface area contributed by atoms with Gasteiger partial charge in [0.25, 0.3) is 0 Å². The van der Waals surface area contributed by atoms with Crippen LogP contribution in [0.1, 0.15) is 46.0 Å². The van der Waals surface area contributed by atoms with Gasteiger partial charge in [-0.1, -0.05) is 19.9 Å². The third-order valence-corrected chi connectivity index (χ3v) is 6.43. The first-order chi connectivity index (χ1) is 8.54. The molecule has 0 aliphatic heterocycles. The van der Waals surface area contributed by atoms with Crippen molar-refractivity contribution < 1.29 is 9.59 Å². The molecule has 0 N–H and O–H groups in total. The van der Waals surface area contributed by atoms with E-state index in [9.17, 15) is 9.59 Å². The summed E-state index contributed by atoms with van der Waals surface area (Å²) in [4.78, 5) is 22.6. The first kappa shape index (κ1) is 12.1. The molecule has 0 radical (unpaired) electrons. The van der Waals surface area contributed by atoms with Crippen molar-refractivity contribution in [3.8, 4) is 0 Å². The second kappa shape index (κ2) is 3.79. The zero-order valence-corrected chi connectivity index (χ0v) is 11.3. The zero-order valence-electron chi connectivity index (χ0n) is 11.3. The molecule has 0 heterocycles. The van der Waals surface area contributed by atoms with Crippen molar-refractivity contribution in [1.82, 2.24) is 0 Å². The largest absolute Gasteiger partial charge is 0.303 e. The predicted molar refractivity (Wildman–Crippen MR) is 70.0 cm³/mol. The van der Waals surface area contributed by atoms with Gasteiger partial charge >= 0.3 is 0 Å². The van der Waals surface area contributed by atoms with Gasteiger partial charge in [-0.15, -0.1) is 0 Å². The summed E-state index contributed by atoms with van der Waals surface area (Å²) < 4.78 is 0. The average Bonchev–Trinajstić information content (AvgIpc) is 2.78. The van der Waals surface area contributed by atoms with Crippen LogP contribution in [0.15, 0.2) is 11.6 Å².